The van der Waals surface area contributed by atoms with Crippen LogP contribution in [0, 0.1) is 6.92 Å². The van der Waals surface area contributed by atoms with Crippen LogP contribution in [-0.2, 0) is 30.4 Å². The number of ether oxygens (including phenoxy) is 3. The van der Waals surface area contributed by atoms with E-state index in [0.29, 0.717) is 86.1 Å². The number of aromatic nitrogens is 3. The highest BCUT2D eigenvalue weighted by Crippen LogP contribution is 2.36. The van der Waals surface area contributed by atoms with Crippen molar-refractivity contribution in [2.24, 2.45) is 4.99 Å². The number of thioether (sulfide) groups is 1. The Morgan fingerprint density at radius 3 is 2.54 bits per heavy atom. The number of aliphatic imine (C=N–C) groups is 1. The molecule has 0 aliphatic carbocycles. The summed E-state index contributed by atoms with van der Waals surface area (Å²) in [5.74, 6) is 1.71. The van der Waals surface area contributed by atoms with Crippen molar-refractivity contribution in [3.05, 3.63) is 99.6 Å². The molecule has 4 heterocycles. The van der Waals surface area contributed by atoms with Gasteiger partial charge in [-0.15, -0.1) is 22.0 Å². The maximum atomic E-state index is 13.2. The molecule has 0 spiro atoms. The number of rotatable bonds is 17. The molecule has 0 saturated carbocycles. The van der Waals surface area contributed by atoms with E-state index in [0.717, 1.165) is 39.4 Å². The van der Waals surface area contributed by atoms with Gasteiger partial charge in [-0.05, 0) is 74.2 Å². The van der Waals surface area contributed by atoms with Gasteiger partial charge in [0.15, 0.2) is 5.82 Å². The first kappa shape index (κ1) is 40.1. The van der Waals surface area contributed by atoms with E-state index in [9.17, 15) is 19.2 Å². The highest BCUT2D eigenvalue weighted by Gasteiger charge is 2.40. The Labute approximate surface area is 339 Å². The minimum Gasteiger partial charge on any atom is -0.497 e. The molecular formula is C41H44ClN7O7S. The van der Waals surface area contributed by atoms with Crippen molar-refractivity contribution in [1.82, 2.24) is 30.3 Å². The monoisotopic (exact) mass is 813 g/mol. The van der Waals surface area contributed by atoms with Gasteiger partial charge in [0.2, 0.25) is 17.7 Å². The SMILES string of the molecule is COc1ccc2c(c1)C(c1ccc(Cl)cc1)=N[C@@H](CC(=O)NCCCOCCOCCCSc1cccc3c1CN(C1CCC(=O)NC1=O)C3=O)c1nnc(C)n1-2. The van der Waals surface area contributed by atoms with Crippen molar-refractivity contribution in [2.45, 2.75) is 62.6 Å². The maximum Gasteiger partial charge on any atom is 0.255 e. The minimum atomic E-state index is -0.628. The number of fused-ring (bicyclic) bond motifs is 4. The van der Waals surface area contributed by atoms with E-state index in [2.05, 4.69) is 20.8 Å². The van der Waals surface area contributed by atoms with Gasteiger partial charge >= 0.3 is 0 Å². The van der Waals surface area contributed by atoms with Gasteiger partial charge in [-0.2, -0.15) is 0 Å². The van der Waals surface area contributed by atoms with E-state index in [1.165, 1.54) is 0 Å². The quantitative estimate of drug-likeness (QED) is 0.0842. The molecule has 3 aliphatic heterocycles. The topological polar surface area (TPSA) is 166 Å². The average Bonchev–Trinajstić information content (AvgIpc) is 3.72. The van der Waals surface area contributed by atoms with Crippen LogP contribution in [-0.4, -0.2) is 101 Å². The lowest BCUT2D eigenvalue weighted by Gasteiger charge is -2.29. The molecule has 3 aromatic carbocycles. The molecule has 7 rings (SSSR count). The van der Waals surface area contributed by atoms with E-state index in [-0.39, 0.29) is 30.6 Å². The number of methoxy groups -OCH3 is 1. The normalized spacial score (nSPS) is 17.4. The average molecular weight is 814 g/mol. The number of halogens is 1. The van der Waals surface area contributed by atoms with Gasteiger partial charge < -0.3 is 24.4 Å². The molecule has 1 aromatic heterocycles. The zero-order chi connectivity index (χ0) is 39.9. The lowest BCUT2D eigenvalue weighted by Crippen LogP contribution is -2.52. The minimum absolute atomic E-state index is 0.0823. The third kappa shape index (κ3) is 9.22. The van der Waals surface area contributed by atoms with Crippen molar-refractivity contribution in [1.29, 1.82) is 0 Å². The largest absolute Gasteiger partial charge is 0.497 e. The van der Waals surface area contributed by atoms with Gasteiger partial charge in [0.25, 0.3) is 5.91 Å². The Kier molecular flexibility index (Phi) is 13.0. The van der Waals surface area contributed by atoms with Crippen LogP contribution >= 0.6 is 23.4 Å². The first-order valence-electron chi connectivity index (χ1n) is 19.0. The summed E-state index contributed by atoms with van der Waals surface area (Å²) in [6, 6.07) is 17.7. The van der Waals surface area contributed by atoms with E-state index in [4.69, 9.17) is 30.8 Å². The Morgan fingerprint density at radius 1 is 0.982 bits per heavy atom. The van der Waals surface area contributed by atoms with Crippen molar-refractivity contribution < 1.29 is 33.4 Å². The predicted molar refractivity (Wildman–Crippen MR) is 214 cm³/mol. The fraction of sp³-hybridized carbons (Fsp3) is 0.390. The highest BCUT2D eigenvalue weighted by molar-refractivity contribution is 7.99. The summed E-state index contributed by atoms with van der Waals surface area (Å²) in [6.07, 6.45) is 2.10. The van der Waals surface area contributed by atoms with Crippen LogP contribution in [0.5, 0.6) is 5.75 Å². The van der Waals surface area contributed by atoms with Crippen LogP contribution < -0.4 is 15.4 Å². The van der Waals surface area contributed by atoms with Crippen LogP contribution in [0.3, 0.4) is 0 Å². The first-order valence-corrected chi connectivity index (χ1v) is 20.3. The maximum absolute atomic E-state index is 13.2. The second kappa shape index (κ2) is 18.4. The van der Waals surface area contributed by atoms with Crippen molar-refractivity contribution in [3.63, 3.8) is 0 Å². The van der Waals surface area contributed by atoms with Crippen molar-refractivity contribution in [2.75, 3.05) is 45.8 Å². The molecule has 1 saturated heterocycles. The van der Waals surface area contributed by atoms with Crippen LogP contribution in [0.2, 0.25) is 5.02 Å². The third-order valence-corrected chi connectivity index (χ3v) is 11.5. The Balaban J connectivity index is 0.818. The van der Waals surface area contributed by atoms with Crippen LogP contribution in [0.4, 0.5) is 0 Å². The molecule has 0 bridgehead atoms. The van der Waals surface area contributed by atoms with Crippen molar-refractivity contribution in [3.8, 4) is 11.4 Å². The zero-order valence-corrected chi connectivity index (χ0v) is 33.4. The number of benzene rings is 3. The number of nitrogens with zero attached hydrogens (tertiary/aromatic N) is 5. The smallest absolute Gasteiger partial charge is 0.255 e. The van der Waals surface area contributed by atoms with Gasteiger partial charge in [0, 0.05) is 65.1 Å². The Morgan fingerprint density at radius 2 is 1.77 bits per heavy atom. The number of nitrogens with one attached hydrogen (secondary N) is 2. The van der Waals surface area contributed by atoms with E-state index >= 15 is 0 Å². The molecule has 16 heteroatoms. The molecule has 1 unspecified atom stereocenters. The summed E-state index contributed by atoms with van der Waals surface area (Å²) in [4.78, 5) is 58.0. The second-order valence-corrected chi connectivity index (χ2v) is 15.4. The second-order valence-electron chi connectivity index (χ2n) is 13.8. The third-order valence-electron chi connectivity index (χ3n) is 10.0. The number of hydrogen-bond donors (Lipinski definition) is 2. The lowest BCUT2D eigenvalue weighted by molar-refractivity contribution is -0.137. The summed E-state index contributed by atoms with van der Waals surface area (Å²) in [6.45, 7) is 4.62. The number of piperidine rings is 1. The van der Waals surface area contributed by atoms with Crippen LogP contribution in [0.25, 0.3) is 5.69 Å². The number of carbonyl (C=O) groups excluding carboxylic acids is 4. The molecule has 1 fully saturated rings. The van der Waals surface area contributed by atoms with Crippen LogP contribution in [0.15, 0.2) is 70.6 Å². The van der Waals surface area contributed by atoms with Crippen LogP contribution in [0.1, 0.15) is 76.8 Å². The molecule has 2 N–H and O–H groups in total. The predicted octanol–water partition coefficient (Wildman–Crippen LogP) is 5.00. The van der Waals surface area contributed by atoms with E-state index < -0.39 is 18.0 Å². The molecule has 4 aromatic rings. The first-order chi connectivity index (χ1) is 27.7. The highest BCUT2D eigenvalue weighted by atomic mass is 35.5. The Bertz CT molecular complexity index is 2180. The summed E-state index contributed by atoms with van der Waals surface area (Å²) in [5, 5.41) is 14.7. The van der Waals surface area contributed by atoms with Gasteiger partial charge in [-0.25, -0.2) is 0 Å². The van der Waals surface area contributed by atoms with E-state index in [1.807, 2.05) is 66.1 Å². The van der Waals surface area contributed by atoms with Gasteiger partial charge in [0.1, 0.15) is 23.7 Å². The fourth-order valence-electron chi connectivity index (χ4n) is 7.18. The number of imide groups is 1. The van der Waals surface area contributed by atoms with Crippen molar-refractivity contribution >= 4 is 52.7 Å². The Hall–Kier alpha value is -5.09. The molecule has 298 valence electrons. The molecule has 3 aliphatic rings. The number of carbonyl (C=O) groups is 4. The lowest BCUT2D eigenvalue weighted by atomic mass is 10.00. The van der Waals surface area contributed by atoms with Gasteiger partial charge in [0.05, 0.1) is 38.1 Å². The summed E-state index contributed by atoms with van der Waals surface area (Å²) >= 11 is 7.87. The molecule has 0 radical (unpaired) electrons. The molecule has 2 atom stereocenters. The summed E-state index contributed by atoms with van der Waals surface area (Å²) in [5.41, 5.74) is 4.78. The zero-order valence-electron chi connectivity index (χ0n) is 31.8. The standard InChI is InChI=1S/C41H44ClN7O7S/c1-25-46-47-39-32(44-38(26-8-10-27(42)11-9-26)30-22-28(54-2)12-13-33(30)49(25)39)23-37(51)43-16-4-17-55-19-20-56-18-5-21-57-35-7-3-6-29-31(35)24-48(41(29)53)34-14-15-36(50)45-40(34)52/h3,6-13,22,32,34H,4-5,14-21,23-24H2,1-2H3,(H,43,51)(H,45,50,52)/t32-,34?/m0/s1. The van der Waals surface area contributed by atoms with Gasteiger partial charge in [-0.1, -0.05) is 29.8 Å². The van der Waals surface area contributed by atoms with Gasteiger partial charge in [-0.3, -0.25) is 34.1 Å². The number of amides is 4. The number of hydrogen-bond acceptors (Lipinski definition) is 11. The summed E-state index contributed by atoms with van der Waals surface area (Å²) < 4.78 is 19.0. The summed E-state index contributed by atoms with van der Waals surface area (Å²) in [7, 11) is 1.62. The molecule has 14 nitrogen and oxygen atoms in total. The number of aryl methyl sites for hydroxylation is 1. The fourth-order valence-corrected chi connectivity index (χ4v) is 8.32. The molecule has 57 heavy (non-hydrogen) atoms. The molecular weight excluding hydrogens is 770 g/mol. The molecule has 4 amide bonds. The van der Waals surface area contributed by atoms with E-state index in [1.54, 1.807) is 29.8 Å².